The monoisotopic (exact) mass is 580 g/mol. The lowest BCUT2D eigenvalue weighted by molar-refractivity contribution is -0.143. The molecule has 1 fully saturated rings. The molecule has 40 heavy (non-hydrogen) atoms. The number of rotatable bonds is 10. The molecule has 3 aromatic carbocycles. The van der Waals surface area contributed by atoms with Gasteiger partial charge in [-0.15, -0.1) is 0 Å². The number of nitrogens with zero attached hydrogens (tertiary/aromatic N) is 1. The largest absolute Gasteiger partial charge is 0.483 e. The molecule has 4 rings (SSSR count). The van der Waals surface area contributed by atoms with E-state index in [0.717, 1.165) is 36.8 Å². The van der Waals surface area contributed by atoms with Crippen LogP contribution in [0.4, 0.5) is 0 Å². The topological polar surface area (TPSA) is 58.6 Å². The van der Waals surface area contributed by atoms with Crippen molar-refractivity contribution in [3.05, 3.63) is 99.5 Å². The molecule has 1 aliphatic rings. The summed E-state index contributed by atoms with van der Waals surface area (Å²) in [7, 11) is 0. The van der Waals surface area contributed by atoms with Crippen LogP contribution in [0.5, 0.6) is 5.75 Å². The van der Waals surface area contributed by atoms with Crippen molar-refractivity contribution in [2.45, 2.75) is 76.9 Å². The molecule has 0 unspecified atom stereocenters. The lowest BCUT2D eigenvalue weighted by Gasteiger charge is -2.33. The normalized spacial score (nSPS) is 14.5. The lowest BCUT2D eigenvalue weighted by Crippen LogP contribution is -2.53. The maximum absolute atomic E-state index is 14.0. The van der Waals surface area contributed by atoms with Crippen LogP contribution in [0.25, 0.3) is 0 Å². The molecule has 0 spiro atoms. The van der Waals surface area contributed by atoms with Gasteiger partial charge in [0.25, 0.3) is 5.91 Å². The second-order valence-electron chi connectivity index (χ2n) is 11.5. The summed E-state index contributed by atoms with van der Waals surface area (Å²) < 4.78 is 6.13. The molecule has 3 aromatic rings. The van der Waals surface area contributed by atoms with Gasteiger partial charge >= 0.3 is 0 Å². The predicted octanol–water partition coefficient (Wildman–Crippen LogP) is 7.37. The van der Waals surface area contributed by atoms with Gasteiger partial charge in [-0.2, -0.15) is 0 Å². The minimum atomic E-state index is -0.774. The second kappa shape index (κ2) is 13.6. The fraction of sp³-hybridized carbons (Fsp3) is 0.394. The summed E-state index contributed by atoms with van der Waals surface area (Å²) in [4.78, 5) is 29.4. The smallest absolute Gasteiger partial charge is 0.261 e. The van der Waals surface area contributed by atoms with Crippen molar-refractivity contribution >= 4 is 35.0 Å². The van der Waals surface area contributed by atoms with Crippen molar-refractivity contribution in [2.75, 3.05) is 6.61 Å². The molecule has 7 heteroatoms. The standard InChI is InChI=1S/C33H38Cl2N2O3/c1-33(2,3)26-16-9-10-19-30(26)40-22-31(38)37(21-25-27(34)17-11-18-28(25)35)29(20-23-12-5-4-6-13-23)32(39)36-24-14-7-8-15-24/h4-6,9-13,16-19,24,29H,7-8,14-15,20-22H2,1-3H3,(H,36,39)/t29-/m1/s1. The molecular weight excluding hydrogens is 543 g/mol. The molecule has 2 amide bonds. The Labute approximate surface area is 247 Å². The van der Waals surface area contributed by atoms with Crippen LogP contribution >= 0.6 is 23.2 Å². The van der Waals surface area contributed by atoms with Gasteiger partial charge in [-0.3, -0.25) is 9.59 Å². The van der Waals surface area contributed by atoms with Gasteiger partial charge in [-0.05, 0) is 47.6 Å². The summed E-state index contributed by atoms with van der Waals surface area (Å²) in [5.41, 5.74) is 2.39. The van der Waals surface area contributed by atoms with Crippen molar-refractivity contribution in [2.24, 2.45) is 0 Å². The SMILES string of the molecule is CC(C)(C)c1ccccc1OCC(=O)N(Cc1c(Cl)cccc1Cl)[C@H](Cc1ccccc1)C(=O)NC1CCCC1. The summed E-state index contributed by atoms with van der Waals surface area (Å²) in [6.45, 7) is 6.16. The van der Waals surface area contributed by atoms with Crippen LogP contribution in [0.3, 0.4) is 0 Å². The Morgan fingerprint density at radius 3 is 2.20 bits per heavy atom. The van der Waals surface area contributed by atoms with Crippen LogP contribution in [0.15, 0.2) is 72.8 Å². The van der Waals surface area contributed by atoms with Gasteiger partial charge in [-0.1, -0.05) is 111 Å². The van der Waals surface area contributed by atoms with E-state index in [4.69, 9.17) is 27.9 Å². The van der Waals surface area contributed by atoms with Crippen molar-refractivity contribution < 1.29 is 14.3 Å². The molecule has 1 aliphatic carbocycles. The Morgan fingerprint density at radius 2 is 1.55 bits per heavy atom. The van der Waals surface area contributed by atoms with Crippen LogP contribution in [0, 0.1) is 0 Å². The van der Waals surface area contributed by atoms with Gasteiger partial charge in [0, 0.05) is 34.6 Å². The fourth-order valence-electron chi connectivity index (χ4n) is 5.21. The summed E-state index contributed by atoms with van der Waals surface area (Å²) in [5.74, 6) is 0.152. The van der Waals surface area contributed by atoms with Crippen LogP contribution < -0.4 is 10.1 Å². The molecule has 0 aliphatic heterocycles. The van der Waals surface area contributed by atoms with Gasteiger partial charge in [-0.25, -0.2) is 0 Å². The summed E-state index contributed by atoms with van der Waals surface area (Å²) >= 11 is 13.1. The second-order valence-corrected chi connectivity index (χ2v) is 12.3. The number of halogens is 2. The number of para-hydroxylation sites is 1. The van der Waals surface area contributed by atoms with E-state index in [1.165, 1.54) is 0 Å². The van der Waals surface area contributed by atoms with Crippen molar-refractivity contribution in [3.63, 3.8) is 0 Å². The molecule has 1 atom stereocenters. The first-order valence-corrected chi connectivity index (χ1v) is 14.7. The average molecular weight is 582 g/mol. The van der Waals surface area contributed by atoms with E-state index in [-0.39, 0.29) is 36.4 Å². The molecule has 0 aromatic heterocycles. The van der Waals surface area contributed by atoms with E-state index in [9.17, 15) is 9.59 Å². The number of hydrogen-bond acceptors (Lipinski definition) is 3. The van der Waals surface area contributed by atoms with Gasteiger partial charge < -0.3 is 15.0 Å². The van der Waals surface area contributed by atoms with E-state index in [2.05, 4.69) is 26.1 Å². The number of nitrogens with one attached hydrogen (secondary N) is 1. The Morgan fingerprint density at radius 1 is 0.925 bits per heavy atom. The zero-order chi connectivity index (χ0) is 28.7. The highest BCUT2D eigenvalue weighted by molar-refractivity contribution is 6.36. The van der Waals surface area contributed by atoms with Gasteiger partial charge in [0.1, 0.15) is 11.8 Å². The Balaban J connectivity index is 1.67. The molecule has 0 saturated heterocycles. The molecule has 0 radical (unpaired) electrons. The van der Waals surface area contributed by atoms with Crippen LogP contribution in [0.1, 0.15) is 63.1 Å². The Kier molecular flexibility index (Phi) is 10.2. The number of benzene rings is 3. The number of ether oxygens (including phenoxy) is 1. The zero-order valence-corrected chi connectivity index (χ0v) is 25.0. The molecule has 1 saturated carbocycles. The molecule has 1 N–H and O–H groups in total. The van der Waals surface area contributed by atoms with E-state index in [0.29, 0.717) is 27.8 Å². The van der Waals surface area contributed by atoms with E-state index < -0.39 is 6.04 Å². The predicted molar refractivity (Wildman–Crippen MR) is 162 cm³/mol. The van der Waals surface area contributed by atoms with E-state index >= 15 is 0 Å². The highest BCUT2D eigenvalue weighted by Crippen LogP contribution is 2.32. The van der Waals surface area contributed by atoms with Crippen LogP contribution in [-0.2, 0) is 28.0 Å². The summed E-state index contributed by atoms with van der Waals surface area (Å²) in [5, 5.41) is 4.10. The maximum Gasteiger partial charge on any atom is 0.261 e. The first-order valence-electron chi connectivity index (χ1n) is 13.9. The van der Waals surface area contributed by atoms with Crippen molar-refractivity contribution in [1.29, 1.82) is 0 Å². The first-order chi connectivity index (χ1) is 19.1. The van der Waals surface area contributed by atoms with Gasteiger partial charge in [0.05, 0.1) is 0 Å². The average Bonchev–Trinajstić information content (AvgIpc) is 3.44. The molecule has 0 heterocycles. The zero-order valence-electron chi connectivity index (χ0n) is 23.5. The molecule has 212 valence electrons. The third kappa shape index (κ3) is 7.80. The minimum absolute atomic E-state index is 0.0806. The molecular formula is C33H38Cl2N2O3. The van der Waals surface area contributed by atoms with Crippen LogP contribution in [-0.4, -0.2) is 35.4 Å². The van der Waals surface area contributed by atoms with E-state index in [1.807, 2.05) is 54.6 Å². The Hall–Kier alpha value is -3.02. The number of amides is 2. The third-order valence-electron chi connectivity index (χ3n) is 7.41. The van der Waals surface area contributed by atoms with Crippen molar-refractivity contribution in [3.8, 4) is 5.75 Å². The summed E-state index contributed by atoms with van der Waals surface area (Å²) in [6.07, 6.45) is 4.42. The highest BCUT2D eigenvalue weighted by atomic mass is 35.5. The lowest BCUT2D eigenvalue weighted by atomic mass is 9.86. The highest BCUT2D eigenvalue weighted by Gasteiger charge is 2.33. The van der Waals surface area contributed by atoms with E-state index in [1.54, 1.807) is 23.1 Å². The minimum Gasteiger partial charge on any atom is -0.483 e. The number of hydrogen-bond donors (Lipinski definition) is 1. The molecule has 0 bridgehead atoms. The molecule has 5 nitrogen and oxygen atoms in total. The number of carbonyl (C=O) groups excluding carboxylic acids is 2. The van der Waals surface area contributed by atoms with Crippen LogP contribution in [0.2, 0.25) is 10.0 Å². The maximum atomic E-state index is 14.0. The third-order valence-corrected chi connectivity index (χ3v) is 8.12. The Bertz CT molecular complexity index is 1280. The fourth-order valence-corrected chi connectivity index (χ4v) is 5.73. The number of carbonyl (C=O) groups is 2. The van der Waals surface area contributed by atoms with Gasteiger partial charge in [0.15, 0.2) is 6.61 Å². The quantitative estimate of drug-likeness (QED) is 0.272. The van der Waals surface area contributed by atoms with Gasteiger partial charge in [0.2, 0.25) is 5.91 Å². The van der Waals surface area contributed by atoms with Crippen molar-refractivity contribution in [1.82, 2.24) is 10.2 Å². The first kappa shape index (κ1) is 30.0. The summed E-state index contributed by atoms with van der Waals surface area (Å²) in [6, 6.07) is 22.1.